The van der Waals surface area contributed by atoms with Crippen molar-refractivity contribution in [2.75, 3.05) is 33.2 Å². The third-order valence-electron chi connectivity index (χ3n) is 3.73. The Balaban J connectivity index is 0.000000720. The van der Waals surface area contributed by atoms with E-state index in [1.807, 2.05) is 0 Å². The maximum atomic E-state index is 3.50. The molecule has 0 aliphatic carbocycles. The molecule has 2 heterocycles. The SMILES string of the molecule is CN1CC2(C)CNCC2(C)C1.Cl.Cl. The summed E-state index contributed by atoms with van der Waals surface area (Å²) in [4.78, 5) is 2.46. The molecule has 0 radical (unpaired) electrons. The van der Waals surface area contributed by atoms with Crippen LogP contribution in [0.4, 0.5) is 0 Å². The van der Waals surface area contributed by atoms with Crippen LogP contribution in [0.15, 0.2) is 0 Å². The van der Waals surface area contributed by atoms with Crippen molar-refractivity contribution in [2.24, 2.45) is 10.8 Å². The molecular weight excluding hydrogens is 207 g/mol. The van der Waals surface area contributed by atoms with Crippen molar-refractivity contribution in [1.82, 2.24) is 10.2 Å². The third kappa shape index (κ3) is 1.82. The van der Waals surface area contributed by atoms with Crippen LogP contribution in [0.5, 0.6) is 0 Å². The van der Waals surface area contributed by atoms with E-state index in [2.05, 4.69) is 31.1 Å². The number of nitrogens with zero attached hydrogens (tertiary/aromatic N) is 1. The molecule has 0 saturated carbocycles. The van der Waals surface area contributed by atoms with Crippen LogP contribution in [0.25, 0.3) is 0 Å². The summed E-state index contributed by atoms with van der Waals surface area (Å²) in [5, 5.41) is 3.50. The number of hydrogen-bond donors (Lipinski definition) is 1. The van der Waals surface area contributed by atoms with Crippen LogP contribution in [0.2, 0.25) is 0 Å². The average molecular weight is 227 g/mol. The van der Waals surface area contributed by atoms with Crippen molar-refractivity contribution in [3.05, 3.63) is 0 Å². The van der Waals surface area contributed by atoms with Crippen LogP contribution in [0.1, 0.15) is 13.8 Å². The second-order valence-electron chi connectivity index (χ2n) is 4.90. The van der Waals surface area contributed by atoms with Gasteiger partial charge in [-0.1, -0.05) is 13.8 Å². The van der Waals surface area contributed by atoms with Gasteiger partial charge in [-0.3, -0.25) is 0 Å². The highest BCUT2D eigenvalue weighted by atomic mass is 35.5. The van der Waals surface area contributed by atoms with Gasteiger partial charge in [0.2, 0.25) is 0 Å². The van der Waals surface area contributed by atoms with E-state index in [1.165, 1.54) is 26.2 Å². The number of rotatable bonds is 0. The molecule has 2 atom stereocenters. The zero-order chi connectivity index (χ0) is 8.11. The van der Waals surface area contributed by atoms with Crippen LogP contribution in [0.3, 0.4) is 0 Å². The molecule has 0 aromatic heterocycles. The van der Waals surface area contributed by atoms with Crippen molar-refractivity contribution in [2.45, 2.75) is 13.8 Å². The van der Waals surface area contributed by atoms with Gasteiger partial charge in [0.25, 0.3) is 0 Å². The van der Waals surface area contributed by atoms with E-state index in [-0.39, 0.29) is 24.8 Å². The van der Waals surface area contributed by atoms with Gasteiger partial charge in [-0.05, 0) is 7.05 Å². The summed E-state index contributed by atoms with van der Waals surface area (Å²) in [6, 6.07) is 0. The average Bonchev–Trinajstić information content (AvgIpc) is 2.16. The Labute approximate surface area is 93.3 Å². The highest BCUT2D eigenvalue weighted by Gasteiger charge is 2.53. The Morgan fingerprint density at radius 1 is 1.00 bits per heavy atom. The molecule has 0 aromatic carbocycles. The van der Waals surface area contributed by atoms with Gasteiger partial charge in [0.1, 0.15) is 0 Å². The van der Waals surface area contributed by atoms with E-state index in [9.17, 15) is 0 Å². The molecule has 13 heavy (non-hydrogen) atoms. The molecule has 0 spiro atoms. The minimum Gasteiger partial charge on any atom is -0.316 e. The van der Waals surface area contributed by atoms with E-state index in [0.717, 1.165) is 0 Å². The van der Waals surface area contributed by atoms with Crippen molar-refractivity contribution in [1.29, 1.82) is 0 Å². The van der Waals surface area contributed by atoms with E-state index in [1.54, 1.807) is 0 Å². The molecule has 2 unspecified atom stereocenters. The van der Waals surface area contributed by atoms with Gasteiger partial charge in [0.05, 0.1) is 0 Å². The van der Waals surface area contributed by atoms with Crippen molar-refractivity contribution in [3.63, 3.8) is 0 Å². The molecule has 80 valence electrons. The lowest BCUT2D eigenvalue weighted by molar-refractivity contribution is 0.212. The Bertz CT molecular complexity index is 170. The summed E-state index contributed by atoms with van der Waals surface area (Å²) in [6.07, 6.45) is 0. The van der Waals surface area contributed by atoms with E-state index in [0.29, 0.717) is 10.8 Å². The summed E-state index contributed by atoms with van der Waals surface area (Å²) in [5.74, 6) is 0. The predicted molar refractivity (Wildman–Crippen MR) is 61.1 cm³/mol. The molecule has 4 heteroatoms. The van der Waals surface area contributed by atoms with Crippen molar-refractivity contribution < 1.29 is 0 Å². The molecule has 0 amide bonds. The first kappa shape index (κ1) is 13.5. The Morgan fingerprint density at radius 3 is 1.77 bits per heavy atom. The van der Waals surface area contributed by atoms with E-state index in [4.69, 9.17) is 0 Å². The van der Waals surface area contributed by atoms with Crippen molar-refractivity contribution in [3.8, 4) is 0 Å². The molecule has 0 aromatic rings. The van der Waals surface area contributed by atoms with Gasteiger partial charge in [-0.15, -0.1) is 24.8 Å². The maximum absolute atomic E-state index is 3.50. The molecule has 2 rings (SSSR count). The zero-order valence-electron chi connectivity index (χ0n) is 8.59. The monoisotopic (exact) mass is 226 g/mol. The fraction of sp³-hybridized carbons (Fsp3) is 1.00. The smallest absolute Gasteiger partial charge is 0.00509 e. The predicted octanol–water partition coefficient (Wildman–Crippen LogP) is 1.39. The normalized spacial score (nSPS) is 43.6. The van der Waals surface area contributed by atoms with Gasteiger partial charge in [0, 0.05) is 37.0 Å². The lowest BCUT2D eigenvalue weighted by atomic mass is 9.71. The molecule has 2 nitrogen and oxygen atoms in total. The first-order valence-electron chi connectivity index (χ1n) is 4.45. The van der Waals surface area contributed by atoms with E-state index < -0.39 is 0 Å². The van der Waals surface area contributed by atoms with E-state index >= 15 is 0 Å². The Morgan fingerprint density at radius 2 is 1.38 bits per heavy atom. The quantitative estimate of drug-likeness (QED) is 0.672. The lowest BCUT2D eigenvalue weighted by Gasteiger charge is -2.31. The molecule has 2 fully saturated rings. The first-order chi connectivity index (χ1) is 5.06. The van der Waals surface area contributed by atoms with Gasteiger partial charge in [-0.25, -0.2) is 0 Å². The number of fused-ring (bicyclic) bond motifs is 1. The summed E-state index contributed by atoms with van der Waals surface area (Å²) in [5.41, 5.74) is 1.06. The lowest BCUT2D eigenvalue weighted by Crippen LogP contribution is -2.34. The number of halogens is 2. The van der Waals surface area contributed by atoms with Crippen LogP contribution in [-0.2, 0) is 0 Å². The molecule has 2 saturated heterocycles. The summed E-state index contributed by atoms with van der Waals surface area (Å²) >= 11 is 0. The van der Waals surface area contributed by atoms with Gasteiger partial charge in [-0.2, -0.15) is 0 Å². The summed E-state index contributed by atoms with van der Waals surface area (Å²) in [6.45, 7) is 9.75. The topological polar surface area (TPSA) is 15.3 Å². The maximum Gasteiger partial charge on any atom is 0.00509 e. The van der Waals surface area contributed by atoms with Crippen LogP contribution in [-0.4, -0.2) is 38.1 Å². The van der Waals surface area contributed by atoms with Crippen LogP contribution < -0.4 is 5.32 Å². The third-order valence-corrected chi connectivity index (χ3v) is 3.73. The Hall–Kier alpha value is 0.500. The van der Waals surface area contributed by atoms with Crippen molar-refractivity contribution >= 4 is 24.8 Å². The molecule has 0 bridgehead atoms. The second kappa shape index (κ2) is 3.93. The summed E-state index contributed by atoms with van der Waals surface area (Å²) in [7, 11) is 2.23. The largest absolute Gasteiger partial charge is 0.316 e. The number of hydrogen-bond acceptors (Lipinski definition) is 2. The minimum absolute atomic E-state index is 0. The molecule has 1 N–H and O–H groups in total. The second-order valence-corrected chi connectivity index (χ2v) is 4.90. The Kier molecular flexibility index (Phi) is 4.08. The standard InChI is InChI=1S/C9H18N2.2ClH/c1-8-4-10-5-9(8,2)7-11(3)6-8;;/h10H,4-7H2,1-3H3;2*1H. The number of likely N-dealkylation sites (tertiary alicyclic amines) is 1. The van der Waals surface area contributed by atoms with Crippen LogP contribution in [0, 0.1) is 10.8 Å². The van der Waals surface area contributed by atoms with Crippen LogP contribution >= 0.6 is 24.8 Å². The molecule has 2 aliphatic rings. The highest BCUT2D eigenvalue weighted by molar-refractivity contribution is 5.85. The summed E-state index contributed by atoms with van der Waals surface area (Å²) < 4.78 is 0. The molecular formula is C9H20Cl2N2. The van der Waals surface area contributed by atoms with Gasteiger partial charge >= 0.3 is 0 Å². The zero-order valence-corrected chi connectivity index (χ0v) is 10.2. The fourth-order valence-corrected chi connectivity index (χ4v) is 2.78. The van der Waals surface area contributed by atoms with Gasteiger partial charge in [0.15, 0.2) is 0 Å². The fourth-order valence-electron chi connectivity index (χ4n) is 2.78. The first-order valence-corrected chi connectivity index (χ1v) is 4.45. The highest BCUT2D eigenvalue weighted by Crippen LogP contribution is 2.47. The van der Waals surface area contributed by atoms with Gasteiger partial charge < -0.3 is 10.2 Å². The molecule has 2 aliphatic heterocycles. The minimum atomic E-state index is 0. The number of nitrogens with one attached hydrogen (secondary N) is 1.